The van der Waals surface area contributed by atoms with Gasteiger partial charge in [-0.15, -0.1) is 0 Å². The van der Waals surface area contributed by atoms with Crippen LogP contribution in [0.5, 0.6) is 11.5 Å². The third-order valence-electron chi connectivity index (χ3n) is 3.78. The molecule has 1 aliphatic carbocycles. The second-order valence-corrected chi connectivity index (χ2v) is 5.26. The predicted molar refractivity (Wildman–Crippen MR) is 68.7 cm³/mol. The third-order valence-corrected chi connectivity index (χ3v) is 3.78. The van der Waals surface area contributed by atoms with Crippen LogP contribution in [0.4, 0.5) is 0 Å². The molecule has 2 rings (SSSR count). The van der Waals surface area contributed by atoms with E-state index in [9.17, 15) is 5.11 Å². The molecule has 0 bridgehead atoms. The zero-order valence-corrected chi connectivity index (χ0v) is 10.8. The lowest BCUT2D eigenvalue weighted by molar-refractivity contribution is 0.364. The van der Waals surface area contributed by atoms with Crippen LogP contribution in [0.1, 0.15) is 43.7 Å². The van der Waals surface area contributed by atoms with E-state index in [2.05, 4.69) is 19.9 Å². The van der Waals surface area contributed by atoms with Gasteiger partial charge in [-0.05, 0) is 30.4 Å². The van der Waals surface area contributed by atoms with E-state index in [1.54, 1.807) is 13.2 Å². The monoisotopic (exact) mass is 235 g/mol. The first-order valence-corrected chi connectivity index (χ1v) is 6.15. The molecule has 1 aromatic rings. The van der Waals surface area contributed by atoms with Gasteiger partial charge in [-0.3, -0.25) is 0 Å². The van der Waals surface area contributed by atoms with Gasteiger partial charge in [0.1, 0.15) is 0 Å². The Balaban J connectivity index is 2.55. The molecule has 0 heterocycles. The van der Waals surface area contributed by atoms with Crippen LogP contribution in [-0.4, -0.2) is 18.8 Å². The molecule has 1 fully saturated rings. The summed E-state index contributed by atoms with van der Waals surface area (Å²) in [4.78, 5) is 0. The summed E-state index contributed by atoms with van der Waals surface area (Å²) in [5.41, 5.74) is 8.11. The average Bonchev–Trinajstić information content (AvgIpc) is 3.08. The van der Waals surface area contributed by atoms with Crippen molar-refractivity contribution in [3.05, 3.63) is 23.3 Å². The number of methoxy groups -OCH3 is 1. The van der Waals surface area contributed by atoms with E-state index in [4.69, 9.17) is 10.5 Å². The van der Waals surface area contributed by atoms with E-state index in [1.165, 1.54) is 0 Å². The molecule has 0 aliphatic heterocycles. The highest BCUT2D eigenvalue weighted by atomic mass is 16.5. The molecule has 0 aromatic heterocycles. The largest absolute Gasteiger partial charge is 0.504 e. The van der Waals surface area contributed by atoms with Crippen LogP contribution in [0, 0.1) is 0 Å². The molecule has 1 aliphatic rings. The highest BCUT2D eigenvalue weighted by molar-refractivity contribution is 5.54. The fourth-order valence-corrected chi connectivity index (χ4v) is 2.31. The molecule has 3 heteroatoms. The number of benzene rings is 1. The third kappa shape index (κ3) is 2.00. The Hall–Kier alpha value is -1.22. The lowest BCUT2D eigenvalue weighted by Gasteiger charge is -2.20. The highest BCUT2D eigenvalue weighted by Gasteiger charge is 2.45. The fraction of sp³-hybridized carbons (Fsp3) is 0.571. The Morgan fingerprint density at radius 3 is 2.47 bits per heavy atom. The standard InChI is InChI=1S/C14H21NO2/c1-9(2)10-6-11(14(8-15)4-5-14)13(17-3)12(16)7-10/h6-7,9,16H,4-5,8,15H2,1-3H3. The van der Waals surface area contributed by atoms with Crippen molar-refractivity contribution in [1.82, 2.24) is 0 Å². The van der Waals surface area contributed by atoms with Crippen molar-refractivity contribution in [2.75, 3.05) is 13.7 Å². The van der Waals surface area contributed by atoms with Crippen LogP contribution in [-0.2, 0) is 5.41 Å². The van der Waals surface area contributed by atoms with E-state index in [0.29, 0.717) is 18.2 Å². The van der Waals surface area contributed by atoms with E-state index in [0.717, 1.165) is 24.0 Å². The van der Waals surface area contributed by atoms with Gasteiger partial charge < -0.3 is 15.6 Å². The van der Waals surface area contributed by atoms with Gasteiger partial charge in [-0.1, -0.05) is 19.9 Å². The summed E-state index contributed by atoms with van der Waals surface area (Å²) in [5.74, 6) is 1.21. The molecule has 1 saturated carbocycles. The van der Waals surface area contributed by atoms with Crippen molar-refractivity contribution in [3.8, 4) is 11.5 Å². The van der Waals surface area contributed by atoms with E-state index < -0.39 is 0 Å². The Labute approximate surface area is 103 Å². The summed E-state index contributed by atoms with van der Waals surface area (Å²) in [6, 6.07) is 3.93. The number of hydrogen-bond donors (Lipinski definition) is 2. The number of phenolic OH excluding ortho intramolecular Hbond substituents is 1. The molecular weight excluding hydrogens is 214 g/mol. The van der Waals surface area contributed by atoms with Gasteiger partial charge in [0.2, 0.25) is 0 Å². The molecule has 17 heavy (non-hydrogen) atoms. The van der Waals surface area contributed by atoms with Gasteiger partial charge in [0, 0.05) is 17.5 Å². The number of phenols is 1. The Kier molecular flexibility index (Phi) is 3.04. The Bertz CT molecular complexity index is 422. The van der Waals surface area contributed by atoms with Crippen LogP contribution >= 0.6 is 0 Å². The number of aromatic hydroxyl groups is 1. The normalized spacial score (nSPS) is 17.2. The Morgan fingerprint density at radius 1 is 1.41 bits per heavy atom. The van der Waals surface area contributed by atoms with Crippen molar-refractivity contribution in [2.45, 2.75) is 38.0 Å². The maximum Gasteiger partial charge on any atom is 0.164 e. The summed E-state index contributed by atoms with van der Waals surface area (Å²) in [7, 11) is 1.60. The molecule has 94 valence electrons. The fourth-order valence-electron chi connectivity index (χ4n) is 2.31. The SMILES string of the molecule is COc1c(O)cc(C(C)C)cc1C1(CN)CC1. The lowest BCUT2D eigenvalue weighted by Crippen LogP contribution is -2.20. The zero-order chi connectivity index (χ0) is 12.6. The first kappa shape index (κ1) is 12.2. The van der Waals surface area contributed by atoms with Gasteiger partial charge in [0.25, 0.3) is 0 Å². The highest BCUT2D eigenvalue weighted by Crippen LogP contribution is 2.53. The maximum absolute atomic E-state index is 10.0. The van der Waals surface area contributed by atoms with E-state index in [-0.39, 0.29) is 11.2 Å². The van der Waals surface area contributed by atoms with Gasteiger partial charge in [0.05, 0.1) is 7.11 Å². The molecule has 0 saturated heterocycles. The van der Waals surface area contributed by atoms with E-state index >= 15 is 0 Å². The summed E-state index contributed by atoms with van der Waals surface area (Å²) in [6.45, 7) is 4.85. The first-order valence-electron chi connectivity index (χ1n) is 6.15. The molecule has 0 radical (unpaired) electrons. The minimum absolute atomic E-state index is 0.0354. The van der Waals surface area contributed by atoms with Gasteiger partial charge in [0.15, 0.2) is 11.5 Å². The molecule has 3 nitrogen and oxygen atoms in total. The van der Waals surface area contributed by atoms with Crippen LogP contribution in [0.2, 0.25) is 0 Å². The Morgan fingerprint density at radius 2 is 2.06 bits per heavy atom. The second kappa shape index (κ2) is 4.22. The van der Waals surface area contributed by atoms with Crippen molar-refractivity contribution >= 4 is 0 Å². The summed E-state index contributed by atoms with van der Waals surface area (Å²) >= 11 is 0. The topological polar surface area (TPSA) is 55.5 Å². The zero-order valence-electron chi connectivity index (χ0n) is 10.8. The van der Waals surface area contributed by atoms with Gasteiger partial charge in [-0.2, -0.15) is 0 Å². The number of nitrogens with two attached hydrogens (primary N) is 1. The van der Waals surface area contributed by atoms with Gasteiger partial charge >= 0.3 is 0 Å². The van der Waals surface area contributed by atoms with Crippen molar-refractivity contribution < 1.29 is 9.84 Å². The van der Waals surface area contributed by atoms with Crippen molar-refractivity contribution in [3.63, 3.8) is 0 Å². The molecule has 1 aromatic carbocycles. The molecule has 0 atom stereocenters. The van der Waals surface area contributed by atoms with E-state index in [1.807, 2.05) is 0 Å². The van der Waals surface area contributed by atoms with Crippen molar-refractivity contribution in [1.29, 1.82) is 0 Å². The minimum Gasteiger partial charge on any atom is -0.504 e. The second-order valence-electron chi connectivity index (χ2n) is 5.26. The lowest BCUT2D eigenvalue weighted by atomic mass is 9.90. The molecule has 0 spiro atoms. The minimum atomic E-state index is 0.0354. The quantitative estimate of drug-likeness (QED) is 0.843. The summed E-state index contributed by atoms with van der Waals surface area (Å²) in [6.07, 6.45) is 2.17. The number of hydrogen-bond acceptors (Lipinski definition) is 3. The molecular formula is C14H21NO2. The maximum atomic E-state index is 10.0. The molecule has 0 unspecified atom stereocenters. The van der Waals surface area contributed by atoms with Crippen LogP contribution in [0.25, 0.3) is 0 Å². The molecule has 3 N–H and O–H groups in total. The summed E-state index contributed by atoms with van der Waals surface area (Å²) < 4.78 is 5.33. The summed E-state index contributed by atoms with van der Waals surface area (Å²) in [5, 5.41) is 10.0. The number of ether oxygens (including phenoxy) is 1. The van der Waals surface area contributed by atoms with Crippen LogP contribution in [0.15, 0.2) is 12.1 Å². The smallest absolute Gasteiger partial charge is 0.164 e. The predicted octanol–water partition coefficient (Wildman–Crippen LogP) is 2.51. The van der Waals surface area contributed by atoms with Crippen LogP contribution in [0.3, 0.4) is 0 Å². The molecule has 0 amide bonds. The average molecular weight is 235 g/mol. The number of rotatable bonds is 4. The van der Waals surface area contributed by atoms with Crippen LogP contribution < -0.4 is 10.5 Å². The first-order chi connectivity index (χ1) is 8.04. The van der Waals surface area contributed by atoms with Crippen molar-refractivity contribution in [2.24, 2.45) is 5.73 Å². The van der Waals surface area contributed by atoms with Gasteiger partial charge in [-0.25, -0.2) is 0 Å².